The van der Waals surface area contributed by atoms with Crippen molar-refractivity contribution in [2.24, 2.45) is 5.92 Å². The molecule has 6 nitrogen and oxygen atoms in total. The maximum atomic E-state index is 14.4. The SMILES string of the molecule is Cc1cnc(N2CC(=O)N(Cc3ccc(C(F)(F)F)cc3)[C@H](C3COC3)C2=O)c(F)c1. The van der Waals surface area contributed by atoms with Gasteiger partial charge in [0.15, 0.2) is 11.6 Å². The van der Waals surface area contributed by atoms with Gasteiger partial charge in [-0.1, -0.05) is 12.1 Å². The lowest BCUT2D eigenvalue weighted by Gasteiger charge is -2.45. The third kappa shape index (κ3) is 4.12. The van der Waals surface area contributed by atoms with Gasteiger partial charge in [-0.05, 0) is 36.2 Å². The van der Waals surface area contributed by atoms with Crippen LogP contribution in [-0.4, -0.2) is 47.5 Å². The van der Waals surface area contributed by atoms with Gasteiger partial charge in [0.1, 0.15) is 12.6 Å². The Kier molecular flexibility index (Phi) is 5.42. The summed E-state index contributed by atoms with van der Waals surface area (Å²) in [4.78, 5) is 32.6. The van der Waals surface area contributed by atoms with Crippen molar-refractivity contribution in [2.45, 2.75) is 25.7 Å². The molecule has 2 aliphatic rings. The molecule has 1 aromatic heterocycles. The Bertz CT molecular complexity index is 1010. The zero-order valence-electron chi connectivity index (χ0n) is 16.5. The molecular weight excluding hydrogens is 418 g/mol. The van der Waals surface area contributed by atoms with E-state index in [0.29, 0.717) is 11.1 Å². The molecule has 0 bridgehead atoms. The van der Waals surface area contributed by atoms with Crippen molar-refractivity contribution in [1.82, 2.24) is 9.88 Å². The molecule has 2 aromatic rings. The van der Waals surface area contributed by atoms with Crippen LogP contribution >= 0.6 is 0 Å². The molecule has 0 saturated carbocycles. The minimum absolute atomic E-state index is 0.0402. The maximum Gasteiger partial charge on any atom is 0.416 e. The van der Waals surface area contributed by atoms with E-state index in [2.05, 4.69) is 4.98 Å². The van der Waals surface area contributed by atoms with E-state index in [4.69, 9.17) is 4.74 Å². The van der Waals surface area contributed by atoms with Crippen molar-refractivity contribution in [3.05, 3.63) is 59.0 Å². The van der Waals surface area contributed by atoms with E-state index in [0.717, 1.165) is 17.0 Å². The number of amides is 2. The molecule has 2 saturated heterocycles. The third-order valence-corrected chi connectivity index (χ3v) is 5.43. The first kappa shape index (κ1) is 21.2. The molecule has 0 radical (unpaired) electrons. The van der Waals surface area contributed by atoms with Crippen LogP contribution in [0.25, 0.3) is 0 Å². The quantitative estimate of drug-likeness (QED) is 0.691. The average Bonchev–Trinajstić information content (AvgIpc) is 2.66. The van der Waals surface area contributed by atoms with Gasteiger partial charge in [0, 0.05) is 18.7 Å². The first-order valence-electron chi connectivity index (χ1n) is 9.62. The van der Waals surface area contributed by atoms with Gasteiger partial charge in [0.05, 0.1) is 18.8 Å². The second kappa shape index (κ2) is 7.92. The molecule has 1 atom stereocenters. The van der Waals surface area contributed by atoms with Crippen LogP contribution in [0.1, 0.15) is 16.7 Å². The maximum absolute atomic E-state index is 14.4. The van der Waals surface area contributed by atoms with Crippen LogP contribution < -0.4 is 4.90 Å². The predicted molar refractivity (Wildman–Crippen MR) is 101 cm³/mol. The molecule has 0 aliphatic carbocycles. The van der Waals surface area contributed by atoms with Crippen molar-refractivity contribution < 1.29 is 31.9 Å². The lowest BCUT2D eigenvalue weighted by molar-refractivity contribution is -0.155. The number of pyridine rings is 1. The van der Waals surface area contributed by atoms with E-state index in [1.54, 1.807) is 6.92 Å². The number of nitrogens with zero attached hydrogens (tertiary/aromatic N) is 3. The van der Waals surface area contributed by atoms with Gasteiger partial charge < -0.3 is 9.64 Å². The summed E-state index contributed by atoms with van der Waals surface area (Å²) in [6.07, 6.45) is -3.06. The fourth-order valence-electron chi connectivity index (χ4n) is 3.73. The van der Waals surface area contributed by atoms with Crippen LogP contribution in [0, 0.1) is 18.7 Å². The molecule has 2 aliphatic heterocycles. The number of aromatic nitrogens is 1. The summed E-state index contributed by atoms with van der Waals surface area (Å²) in [6, 6.07) is 4.75. The number of benzene rings is 1. The number of aryl methyl sites for hydroxylation is 1. The molecule has 3 heterocycles. The minimum atomic E-state index is -4.47. The zero-order valence-corrected chi connectivity index (χ0v) is 16.5. The van der Waals surface area contributed by atoms with Crippen molar-refractivity contribution in [2.75, 3.05) is 24.7 Å². The molecule has 2 amide bonds. The van der Waals surface area contributed by atoms with E-state index in [1.165, 1.54) is 29.3 Å². The smallest absolute Gasteiger partial charge is 0.380 e. The number of hydrogen-bond acceptors (Lipinski definition) is 4. The number of carbonyl (C=O) groups is 2. The Balaban J connectivity index is 1.61. The minimum Gasteiger partial charge on any atom is -0.380 e. The van der Waals surface area contributed by atoms with Gasteiger partial charge in [-0.2, -0.15) is 13.2 Å². The highest BCUT2D eigenvalue weighted by Gasteiger charge is 2.47. The number of hydrogen-bond donors (Lipinski definition) is 0. The molecule has 2 fully saturated rings. The second-order valence-corrected chi connectivity index (χ2v) is 7.70. The molecule has 31 heavy (non-hydrogen) atoms. The van der Waals surface area contributed by atoms with E-state index < -0.39 is 42.0 Å². The first-order chi connectivity index (χ1) is 14.6. The Hall–Kier alpha value is -3.01. The number of halogens is 4. The Labute approximate surface area is 175 Å². The molecule has 10 heteroatoms. The van der Waals surface area contributed by atoms with E-state index in [-0.39, 0.29) is 31.5 Å². The summed E-state index contributed by atoms with van der Waals surface area (Å²) >= 11 is 0. The topological polar surface area (TPSA) is 62.7 Å². The number of carbonyl (C=O) groups excluding carboxylic acids is 2. The van der Waals surface area contributed by atoms with Crippen molar-refractivity contribution in [3.63, 3.8) is 0 Å². The second-order valence-electron chi connectivity index (χ2n) is 7.70. The van der Waals surface area contributed by atoms with Gasteiger partial charge in [-0.3, -0.25) is 14.5 Å². The molecule has 0 N–H and O–H groups in total. The van der Waals surface area contributed by atoms with Gasteiger partial charge in [-0.15, -0.1) is 0 Å². The summed E-state index contributed by atoms with van der Waals surface area (Å²) in [5.74, 6) is -2.15. The van der Waals surface area contributed by atoms with Crippen molar-refractivity contribution in [1.29, 1.82) is 0 Å². The van der Waals surface area contributed by atoms with Crippen LogP contribution in [0.4, 0.5) is 23.4 Å². The van der Waals surface area contributed by atoms with E-state index in [1.807, 2.05) is 0 Å². The van der Waals surface area contributed by atoms with Crippen LogP contribution in [0.5, 0.6) is 0 Å². The van der Waals surface area contributed by atoms with Crippen LogP contribution in [0.2, 0.25) is 0 Å². The van der Waals surface area contributed by atoms with Crippen molar-refractivity contribution in [3.8, 4) is 0 Å². The van der Waals surface area contributed by atoms with Gasteiger partial charge in [-0.25, -0.2) is 9.37 Å². The van der Waals surface area contributed by atoms with Gasteiger partial charge in [0.2, 0.25) is 5.91 Å². The van der Waals surface area contributed by atoms with Crippen LogP contribution in [0.15, 0.2) is 36.5 Å². The predicted octanol–water partition coefficient (Wildman–Crippen LogP) is 2.94. The number of anilines is 1. The molecule has 0 spiro atoms. The normalized spacial score (nSPS) is 20.2. The Morgan fingerprint density at radius 1 is 1.16 bits per heavy atom. The lowest BCUT2D eigenvalue weighted by Crippen LogP contribution is -2.65. The van der Waals surface area contributed by atoms with Crippen molar-refractivity contribution >= 4 is 17.6 Å². The summed E-state index contributed by atoms with van der Waals surface area (Å²) in [5, 5.41) is 0. The van der Waals surface area contributed by atoms with Crippen LogP contribution in [0.3, 0.4) is 0 Å². The summed E-state index contributed by atoms with van der Waals surface area (Å²) in [5.41, 5.74) is 0.228. The highest BCUT2D eigenvalue weighted by Crippen LogP contribution is 2.32. The highest BCUT2D eigenvalue weighted by atomic mass is 19.4. The Morgan fingerprint density at radius 2 is 1.84 bits per heavy atom. The fraction of sp³-hybridized carbons (Fsp3) is 0.381. The average molecular weight is 437 g/mol. The standard InChI is InChI=1S/C21H19F4N3O3/c1-12-6-16(22)19(26-7-12)28-9-17(29)27(18(20(28)30)14-10-31-11-14)8-13-2-4-15(5-3-13)21(23,24)25/h2-7,14,18H,8-11H2,1H3/t18-/m1/s1. The summed E-state index contributed by atoms with van der Waals surface area (Å²) in [6.45, 7) is 1.72. The first-order valence-corrected chi connectivity index (χ1v) is 9.62. The number of rotatable bonds is 4. The fourth-order valence-corrected chi connectivity index (χ4v) is 3.73. The summed E-state index contributed by atoms with van der Waals surface area (Å²) in [7, 11) is 0. The molecular formula is C21H19F4N3O3. The zero-order chi connectivity index (χ0) is 22.3. The van der Waals surface area contributed by atoms with Crippen LogP contribution in [-0.2, 0) is 27.0 Å². The Morgan fingerprint density at radius 3 is 2.39 bits per heavy atom. The largest absolute Gasteiger partial charge is 0.416 e. The summed E-state index contributed by atoms with van der Waals surface area (Å²) < 4.78 is 58.0. The van der Waals surface area contributed by atoms with Gasteiger partial charge in [0.25, 0.3) is 5.91 Å². The highest BCUT2D eigenvalue weighted by molar-refractivity contribution is 6.06. The van der Waals surface area contributed by atoms with E-state index >= 15 is 0 Å². The van der Waals surface area contributed by atoms with E-state index in [9.17, 15) is 27.2 Å². The molecule has 0 unspecified atom stereocenters. The van der Waals surface area contributed by atoms with Gasteiger partial charge >= 0.3 is 6.18 Å². The molecule has 1 aromatic carbocycles. The third-order valence-electron chi connectivity index (χ3n) is 5.43. The number of alkyl halides is 3. The molecule has 4 rings (SSSR count). The molecule has 164 valence electrons. The number of piperazine rings is 1. The lowest BCUT2D eigenvalue weighted by atomic mass is 9.92. The number of ether oxygens (including phenoxy) is 1. The monoisotopic (exact) mass is 437 g/mol.